The first-order valence-electron chi connectivity index (χ1n) is 8.46. The molecule has 1 atom stereocenters. The number of carbonyl (C=O) groups excluding carboxylic acids is 2. The molecule has 0 aliphatic carbocycles. The van der Waals surface area contributed by atoms with Crippen LogP contribution in [0.1, 0.15) is 26.7 Å². The lowest BCUT2D eigenvalue weighted by Crippen LogP contribution is -2.51. The number of benzene rings is 1. The van der Waals surface area contributed by atoms with Crippen LogP contribution in [-0.2, 0) is 9.59 Å². The van der Waals surface area contributed by atoms with Gasteiger partial charge in [0.15, 0.2) is 0 Å². The molecule has 1 aromatic carbocycles. The van der Waals surface area contributed by atoms with Gasteiger partial charge in [-0.2, -0.15) is 0 Å². The van der Waals surface area contributed by atoms with Crippen LogP contribution in [0.3, 0.4) is 0 Å². The smallest absolute Gasteiger partial charge is 0.238 e. The molecule has 1 heterocycles. The first kappa shape index (κ1) is 17.5. The van der Waals surface area contributed by atoms with Gasteiger partial charge in [0.1, 0.15) is 0 Å². The molecule has 0 spiro atoms. The third-order valence-corrected chi connectivity index (χ3v) is 4.25. The zero-order valence-corrected chi connectivity index (χ0v) is 14.1. The summed E-state index contributed by atoms with van der Waals surface area (Å²) in [5, 5.41) is 2.90. The lowest BCUT2D eigenvalue weighted by molar-refractivity contribution is -0.137. The second kappa shape index (κ2) is 8.67. The maximum Gasteiger partial charge on any atom is 0.238 e. The van der Waals surface area contributed by atoms with Crippen molar-refractivity contribution in [1.29, 1.82) is 0 Å². The van der Waals surface area contributed by atoms with Crippen molar-refractivity contribution < 1.29 is 9.59 Å². The average molecular weight is 317 g/mol. The van der Waals surface area contributed by atoms with Crippen LogP contribution in [0.25, 0.3) is 0 Å². The van der Waals surface area contributed by atoms with Crippen molar-refractivity contribution >= 4 is 17.5 Å². The zero-order valence-electron chi connectivity index (χ0n) is 14.1. The SMILES string of the molecule is CCCC(C)C(=O)N1CCN(CC(=O)Nc2ccccc2)CC1. The molecule has 1 aliphatic rings. The fourth-order valence-electron chi connectivity index (χ4n) is 2.92. The predicted molar refractivity (Wildman–Crippen MR) is 92.2 cm³/mol. The van der Waals surface area contributed by atoms with Gasteiger partial charge >= 0.3 is 0 Å². The number of nitrogens with zero attached hydrogens (tertiary/aromatic N) is 2. The number of para-hydroxylation sites is 1. The van der Waals surface area contributed by atoms with Crippen molar-refractivity contribution in [2.24, 2.45) is 5.92 Å². The molecular weight excluding hydrogens is 290 g/mol. The summed E-state index contributed by atoms with van der Waals surface area (Å²) in [6.45, 7) is 7.43. The van der Waals surface area contributed by atoms with Crippen LogP contribution in [0.4, 0.5) is 5.69 Å². The molecule has 1 N–H and O–H groups in total. The minimum absolute atomic E-state index is 0.00433. The van der Waals surface area contributed by atoms with Crippen LogP contribution in [0, 0.1) is 5.92 Å². The van der Waals surface area contributed by atoms with Crippen LogP contribution in [0.5, 0.6) is 0 Å². The Kier molecular flexibility index (Phi) is 6.59. The molecule has 0 aromatic heterocycles. The molecule has 1 unspecified atom stereocenters. The summed E-state index contributed by atoms with van der Waals surface area (Å²) in [7, 11) is 0. The monoisotopic (exact) mass is 317 g/mol. The molecule has 1 aliphatic heterocycles. The number of anilines is 1. The third kappa shape index (κ3) is 5.36. The molecule has 2 rings (SSSR count). The molecule has 1 fully saturated rings. The summed E-state index contributed by atoms with van der Waals surface area (Å²) in [6.07, 6.45) is 1.98. The van der Waals surface area contributed by atoms with E-state index in [1.165, 1.54) is 0 Å². The van der Waals surface area contributed by atoms with Crippen LogP contribution in [-0.4, -0.2) is 54.3 Å². The Morgan fingerprint density at radius 1 is 1.13 bits per heavy atom. The summed E-state index contributed by atoms with van der Waals surface area (Å²) in [6, 6.07) is 9.48. The molecule has 0 bridgehead atoms. The lowest BCUT2D eigenvalue weighted by Gasteiger charge is -2.35. The van der Waals surface area contributed by atoms with Gasteiger partial charge in [0.05, 0.1) is 6.54 Å². The van der Waals surface area contributed by atoms with Gasteiger partial charge in [0.2, 0.25) is 11.8 Å². The highest BCUT2D eigenvalue weighted by atomic mass is 16.2. The summed E-state index contributed by atoms with van der Waals surface area (Å²) < 4.78 is 0. The minimum Gasteiger partial charge on any atom is -0.340 e. The Morgan fingerprint density at radius 2 is 1.78 bits per heavy atom. The second-order valence-electron chi connectivity index (χ2n) is 6.21. The number of piperazine rings is 1. The van der Waals surface area contributed by atoms with E-state index in [-0.39, 0.29) is 17.7 Å². The predicted octanol–water partition coefficient (Wildman–Crippen LogP) is 2.21. The van der Waals surface area contributed by atoms with Crippen molar-refractivity contribution in [3.8, 4) is 0 Å². The Morgan fingerprint density at radius 3 is 2.39 bits per heavy atom. The van der Waals surface area contributed by atoms with Gasteiger partial charge in [-0.05, 0) is 18.6 Å². The van der Waals surface area contributed by atoms with Crippen LogP contribution < -0.4 is 5.32 Å². The highest BCUT2D eigenvalue weighted by Gasteiger charge is 2.25. The Bertz CT molecular complexity index is 510. The zero-order chi connectivity index (χ0) is 16.7. The van der Waals surface area contributed by atoms with E-state index in [4.69, 9.17) is 0 Å². The first-order valence-corrected chi connectivity index (χ1v) is 8.46. The quantitative estimate of drug-likeness (QED) is 0.875. The molecule has 5 heteroatoms. The van der Waals surface area contributed by atoms with Gasteiger partial charge in [-0.25, -0.2) is 0 Å². The maximum absolute atomic E-state index is 12.3. The normalized spacial score (nSPS) is 16.9. The number of hydrogen-bond acceptors (Lipinski definition) is 3. The fourth-order valence-corrected chi connectivity index (χ4v) is 2.92. The Balaban J connectivity index is 1.74. The van der Waals surface area contributed by atoms with Gasteiger partial charge in [-0.15, -0.1) is 0 Å². The highest BCUT2D eigenvalue weighted by Crippen LogP contribution is 2.12. The number of hydrogen-bond donors (Lipinski definition) is 1. The van der Waals surface area contributed by atoms with Crippen molar-refractivity contribution in [2.75, 3.05) is 38.0 Å². The van der Waals surface area contributed by atoms with E-state index in [1.807, 2.05) is 42.2 Å². The molecule has 0 saturated carbocycles. The summed E-state index contributed by atoms with van der Waals surface area (Å²) in [5.41, 5.74) is 0.819. The van der Waals surface area contributed by atoms with E-state index in [2.05, 4.69) is 17.1 Å². The maximum atomic E-state index is 12.3. The number of nitrogens with one attached hydrogen (secondary N) is 1. The second-order valence-corrected chi connectivity index (χ2v) is 6.21. The van der Waals surface area contributed by atoms with Gasteiger partial charge < -0.3 is 10.2 Å². The van der Waals surface area contributed by atoms with Crippen molar-refractivity contribution in [3.63, 3.8) is 0 Å². The third-order valence-electron chi connectivity index (χ3n) is 4.25. The largest absolute Gasteiger partial charge is 0.340 e. The lowest BCUT2D eigenvalue weighted by atomic mass is 10.0. The molecule has 1 aromatic rings. The minimum atomic E-state index is -0.00433. The summed E-state index contributed by atoms with van der Waals surface area (Å²) >= 11 is 0. The topological polar surface area (TPSA) is 52.7 Å². The number of carbonyl (C=O) groups is 2. The van der Waals surface area contributed by atoms with Crippen LogP contribution in [0.15, 0.2) is 30.3 Å². The van der Waals surface area contributed by atoms with E-state index in [1.54, 1.807) is 0 Å². The standard InChI is InChI=1S/C18H27N3O2/c1-3-7-15(2)18(23)21-12-10-20(11-13-21)14-17(22)19-16-8-5-4-6-9-16/h4-6,8-9,15H,3,7,10-14H2,1-2H3,(H,19,22). The van der Waals surface area contributed by atoms with Crippen LogP contribution >= 0.6 is 0 Å². The van der Waals surface area contributed by atoms with Crippen molar-refractivity contribution in [2.45, 2.75) is 26.7 Å². The van der Waals surface area contributed by atoms with Gasteiger partial charge in [-0.3, -0.25) is 14.5 Å². The molecule has 5 nitrogen and oxygen atoms in total. The Hall–Kier alpha value is -1.88. The highest BCUT2D eigenvalue weighted by molar-refractivity contribution is 5.92. The van der Waals surface area contributed by atoms with E-state index in [0.29, 0.717) is 19.6 Å². The molecule has 23 heavy (non-hydrogen) atoms. The van der Waals surface area contributed by atoms with E-state index < -0.39 is 0 Å². The van der Waals surface area contributed by atoms with Crippen LogP contribution in [0.2, 0.25) is 0 Å². The van der Waals surface area contributed by atoms with E-state index in [9.17, 15) is 9.59 Å². The number of rotatable bonds is 6. The average Bonchev–Trinajstić information content (AvgIpc) is 2.56. The molecule has 126 valence electrons. The van der Waals surface area contributed by atoms with Gasteiger partial charge in [0.25, 0.3) is 0 Å². The van der Waals surface area contributed by atoms with Gasteiger partial charge in [0, 0.05) is 37.8 Å². The van der Waals surface area contributed by atoms with Crippen molar-refractivity contribution in [1.82, 2.24) is 9.80 Å². The van der Waals surface area contributed by atoms with Gasteiger partial charge in [-0.1, -0.05) is 38.5 Å². The van der Waals surface area contributed by atoms with E-state index in [0.717, 1.165) is 31.6 Å². The summed E-state index contributed by atoms with van der Waals surface area (Å²) in [4.78, 5) is 28.4. The van der Waals surface area contributed by atoms with E-state index >= 15 is 0 Å². The fraction of sp³-hybridized carbons (Fsp3) is 0.556. The van der Waals surface area contributed by atoms with Crippen molar-refractivity contribution in [3.05, 3.63) is 30.3 Å². The molecule has 0 radical (unpaired) electrons. The summed E-state index contributed by atoms with van der Waals surface area (Å²) in [5.74, 6) is 0.350. The molecule has 2 amide bonds. The molecular formula is C18H27N3O2. The number of amides is 2. The Labute approximate surface area is 138 Å². The molecule has 1 saturated heterocycles. The first-order chi connectivity index (χ1) is 11.1.